The minimum absolute atomic E-state index is 0.269. The first-order valence-corrected chi connectivity index (χ1v) is 6.93. The first kappa shape index (κ1) is 16.0. The van der Waals surface area contributed by atoms with Crippen molar-refractivity contribution in [1.29, 1.82) is 0 Å². The lowest BCUT2D eigenvalue weighted by Gasteiger charge is -2.05. The zero-order valence-corrected chi connectivity index (χ0v) is 12.6. The highest BCUT2D eigenvalue weighted by Crippen LogP contribution is 2.17. The number of hydrazone groups is 1. The lowest BCUT2D eigenvalue weighted by Crippen LogP contribution is -2.08. The Bertz CT molecular complexity index is 684. The van der Waals surface area contributed by atoms with Crippen LogP contribution < -0.4 is 5.59 Å². The monoisotopic (exact) mass is 322 g/mol. The van der Waals surface area contributed by atoms with E-state index >= 15 is 0 Å². The Labute approximate surface area is 132 Å². The number of nitrogens with zero attached hydrogens (tertiary/aromatic N) is 3. The van der Waals surface area contributed by atoms with Crippen LogP contribution in [0.2, 0.25) is 5.02 Å². The number of carbonyl (C=O) groups is 1. The molecule has 0 aliphatic carbocycles. The zero-order valence-electron chi connectivity index (χ0n) is 11.9. The maximum absolute atomic E-state index is 11.5. The van der Waals surface area contributed by atoms with E-state index in [1.165, 1.54) is 6.21 Å². The number of ether oxygens (including phenoxy) is 1. The summed E-state index contributed by atoms with van der Waals surface area (Å²) in [5.74, 6) is -0.442. The molecule has 0 aliphatic rings. The third-order valence-corrected chi connectivity index (χ3v) is 3.12. The molecule has 8 heteroatoms. The van der Waals surface area contributed by atoms with E-state index in [-0.39, 0.29) is 5.69 Å². The standard InChI is InChI=1S/C14H15ClN4O3/c1-2-22-14(20)13-5-6-19(17-13)9-10-3-4-11(8-16-18-21)12(15)7-10/h3-8,18,21H,2,9H2,1H3. The molecule has 2 aromatic rings. The molecule has 0 radical (unpaired) electrons. The molecule has 1 heterocycles. The molecule has 2 N–H and O–H groups in total. The molecule has 0 amide bonds. The Balaban J connectivity index is 2.09. The van der Waals surface area contributed by atoms with Gasteiger partial charge in [0.25, 0.3) is 0 Å². The first-order valence-electron chi connectivity index (χ1n) is 6.55. The number of aromatic nitrogens is 2. The fraction of sp³-hybridized carbons (Fsp3) is 0.214. The van der Waals surface area contributed by atoms with Gasteiger partial charge in [-0.1, -0.05) is 23.7 Å². The summed E-state index contributed by atoms with van der Waals surface area (Å²) in [6.07, 6.45) is 3.10. The van der Waals surface area contributed by atoms with Crippen molar-refractivity contribution in [3.8, 4) is 0 Å². The van der Waals surface area contributed by atoms with Crippen LogP contribution in [0.3, 0.4) is 0 Å². The number of carbonyl (C=O) groups excluding carboxylic acids is 1. The van der Waals surface area contributed by atoms with Gasteiger partial charge in [-0.25, -0.2) is 4.79 Å². The van der Waals surface area contributed by atoms with Crippen molar-refractivity contribution >= 4 is 23.8 Å². The molecule has 0 saturated carbocycles. The summed E-state index contributed by atoms with van der Waals surface area (Å²) in [6.45, 7) is 2.52. The van der Waals surface area contributed by atoms with E-state index in [0.29, 0.717) is 23.7 Å². The third-order valence-electron chi connectivity index (χ3n) is 2.80. The van der Waals surface area contributed by atoms with Gasteiger partial charge in [-0.3, -0.25) is 9.89 Å². The summed E-state index contributed by atoms with van der Waals surface area (Å²) in [5.41, 5.74) is 3.52. The number of nitrogens with one attached hydrogen (secondary N) is 1. The topological polar surface area (TPSA) is 88.7 Å². The van der Waals surface area contributed by atoms with Gasteiger partial charge >= 0.3 is 5.97 Å². The fourth-order valence-corrected chi connectivity index (χ4v) is 2.07. The van der Waals surface area contributed by atoms with Crippen molar-refractivity contribution in [3.05, 3.63) is 52.3 Å². The maximum atomic E-state index is 11.5. The lowest BCUT2D eigenvalue weighted by atomic mass is 10.1. The van der Waals surface area contributed by atoms with E-state index in [9.17, 15) is 4.79 Å². The number of benzene rings is 1. The average Bonchev–Trinajstić information content (AvgIpc) is 2.95. The zero-order chi connectivity index (χ0) is 15.9. The van der Waals surface area contributed by atoms with Crippen LogP contribution in [0.4, 0.5) is 0 Å². The molecule has 0 fully saturated rings. The van der Waals surface area contributed by atoms with Gasteiger partial charge < -0.3 is 4.74 Å². The number of hydrogen-bond acceptors (Lipinski definition) is 6. The molecule has 116 valence electrons. The Morgan fingerprint density at radius 1 is 1.55 bits per heavy atom. The van der Waals surface area contributed by atoms with Crippen LogP contribution in [-0.4, -0.2) is 33.8 Å². The fourth-order valence-electron chi connectivity index (χ4n) is 1.82. The molecule has 2 rings (SSSR count). The maximum Gasteiger partial charge on any atom is 0.358 e. The molecule has 0 saturated heterocycles. The molecule has 1 aromatic heterocycles. The van der Waals surface area contributed by atoms with E-state index in [0.717, 1.165) is 5.56 Å². The summed E-state index contributed by atoms with van der Waals surface area (Å²) in [6, 6.07) is 7.00. The molecule has 7 nitrogen and oxygen atoms in total. The SMILES string of the molecule is CCOC(=O)c1ccn(Cc2ccc(C=NNO)c(Cl)c2)n1. The predicted molar refractivity (Wildman–Crippen MR) is 81.3 cm³/mol. The number of halogens is 1. The van der Waals surface area contributed by atoms with Crippen LogP contribution >= 0.6 is 11.6 Å². The van der Waals surface area contributed by atoms with Crippen LogP contribution in [0.25, 0.3) is 0 Å². The summed E-state index contributed by atoms with van der Waals surface area (Å²) in [7, 11) is 0. The molecule has 0 bridgehead atoms. The molecular weight excluding hydrogens is 308 g/mol. The van der Waals surface area contributed by atoms with Gasteiger partial charge in [-0.05, 0) is 24.6 Å². The largest absolute Gasteiger partial charge is 0.461 e. The van der Waals surface area contributed by atoms with Crippen LogP contribution in [0.1, 0.15) is 28.5 Å². The van der Waals surface area contributed by atoms with E-state index in [4.69, 9.17) is 21.5 Å². The Morgan fingerprint density at radius 3 is 3.05 bits per heavy atom. The Morgan fingerprint density at radius 2 is 2.36 bits per heavy atom. The smallest absolute Gasteiger partial charge is 0.358 e. The van der Waals surface area contributed by atoms with Crippen LogP contribution in [0.5, 0.6) is 0 Å². The molecule has 0 spiro atoms. The minimum atomic E-state index is -0.442. The molecule has 0 aliphatic heterocycles. The number of esters is 1. The second kappa shape index (κ2) is 7.58. The van der Waals surface area contributed by atoms with Gasteiger partial charge in [0.2, 0.25) is 0 Å². The van der Waals surface area contributed by atoms with Gasteiger partial charge in [-0.2, -0.15) is 15.8 Å². The number of rotatable bonds is 6. The average molecular weight is 323 g/mol. The Kier molecular flexibility index (Phi) is 5.51. The summed E-state index contributed by atoms with van der Waals surface area (Å²) in [5, 5.41) is 16.5. The van der Waals surface area contributed by atoms with Crippen LogP contribution in [0.15, 0.2) is 35.6 Å². The van der Waals surface area contributed by atoms with Crippen molar-refractivity contribution in [1.82, 2.24) is 15.4 Å². The summed E-state index contributed by atoms with van der Waals surface area (Å²) >= 11 is 6.12. The third kappa shape index (κ3) is 4.06. The van der Waals surface area contributed by atoms with E-state index in [1.54, 1.807) is 41.6 Å². The van der Waals surface area contributed by atoms with E-state index in [2.05, 4.69) is 10.2 Å². The minimum Gasteiger partial charge on any atom is -0.461 e. The van der Waals surface area contributed by atoms with E-state index in [1.807, 2.05) is 6.07 Å². The van der Waals surface area contributed by atoms with Crippen LogP contribution in [0, 0.1) is 0 Å². The van der Waals surface area contributed by atoms with Gasteiger partial charge in [-0.15, -0.1) is 0 Å². The van der Waals surface area contributed by atoms with Crippen molar-refractivity contribution in [2.45, 2.75) is 13.5 Å². The lowest BCUT2D eigenvalue weighted by molar-refractivity contribution is 0.0518. The van der Waals surface area contributed by atoms with Gasteiger partial charge in [0.1, 0.15) is 0 Å². The molecule has 0 unspecified atom stereocenters. The van der Waals surface area contributed by atoms with Crippen molar-refractivity contribution < 1.29 is 14.7 Å². The molecule has 0 atom stereocenters. The summed E-state index contributed by atoms with van der Waals surface area (Å²) < 4.78 is 6.51. The predicted octanol–water partition coefficient (Wildman–Crippen LogP) is 2.07. The normalized spacial score (nSPS) is 10.9. The molecule has 22 heavy (non-hydrogen) atoms. The van der Waals surface area contributed by atoms with Gasteiger partial charge in [0.05, 0.1) is 19.4 Å². The van der Waals surface area contributed by atoms with E-state index < -0.39 is 5.97 Å². The van der Waals surface area contributed by atoms with Crippen LogP contribution in [-0.2, 0) is 11.3 Å². The second-order valence-electron chi connectivity index (χ2n) is 4.33. The quantitative estimate of drug-likeness (QED) is 0.483. The molecule has 1 aromatic carbocycles. The summed E-state index contributed by atoms with van der Waals surface area (Å²) in [4.78, 5) is 11.5. The van der Waals surface area contributed by atoms with Gasteiger partial charge in [0, 0.05) is 16.8 Å². The highest BCUT2D eigenvalue weighted by atomic mass is 35.5. The highest BCUT2D eigenvalue weighted by Gasteiger charge is 2.10. The van der Waals surface area contributed by atoms with Gasteiger partial charge in [0.15, 0.2) is 5.69 Å². The first-order chi connectivity index (χ1) is 10.6. The Hall–Kier alpha value is -2.38. The van der Waals surface area contributed by atoms with Crippen molar-refractivity contribution in [2.75, 3.05) is 6.61 Å². The molecular formula is C14H15ClN4O3. The second-order valence-corrected chi connectivity index (χ2v) is 4.74. The highest BCUT2D eigenvalue weighted by molar-refractivity contribution is 6.33. The van der Waals surface area contributed by atoms with Crippen molar-refractivity contribution in [3.63, 3.8) is 0 Å². The van der Waals surface area contributed by atoms with Crippen molar-refractivity contribution in [2.24, 2.45) is 5.10 Å². The number of hydrogen-bond donors (Lipinski definition) is 2.